The normalized spacial score (nSPS) is 13.6. The van der Waals surface area contributed by atoms with Crippen LogP contribution >= 0.6 is 0 Å². The second-order valence-corrected chi connectivity index (χ2v) is 4.21. The Bertz CT molecular complexity index is 587. The molecule has 0 aliphatic heterocycles. The highest BCUT2D eigenvalue weighted by atomic mass is 16.3. The maximum Gasteiger partial charge on any atom is 0.168 e. The highest BCUT2D eigenvalue weighted by molar-refractivity contribution is 5.77. The summed E-state index contributed by atoms with van der Waals surface area (Å²) < 4.78 is 1.62. The van der Waals surface area contributed by atoms with Crippen molar-refractivity contribution in [2.24, 2.45) is 0 Å². The lowest BCUT2D eigenvalue weighted by molar-refractivity contribution is 0.111. The molecule has 0 fully saturated rings. The zero-order valence-electron chi connectivity index (χ0n) is 9.26. The molecule has 0 unspecified atom stereocenters. The Hall–Kier alpha value is -2.10. The molecule has 2 aromatic rings. The summed E-state index contributed by atoms with van der Waals surface area (Å²) in [6.45, 7) is 0. The molecular weight excluding hydrogens is 216 g/mol. The molecule has 1 aromatic heterocycles. The largest absolute Gasteiger partial charge is 0.508 e. The fourth-order valence-electron chi connectivity index (χ4n) is 2.36. The van der Waals surface area contributed by atoms with Gasteiger partial charge in [0.2, 0.25) is 0 Å². The van der Waals surface area contributed by atoms with E-state index in [1.54, 1.807) is 22.9 Å². The van der Waals surface area contributed by atoms with Gasteiger partial charge in [-0.15, -0.1) is 0 Å². The predicted octanol–water partition coefficient (Wildman–Crippen LogP) is 1.88. The number of aldehydes is 1. The summed E-state index contributed by atoms with van der Waals surface area (Å²) in [5.74, 6) is 0.176. The van der Waals surface area contributed by atoms with E-state index in [1.165, 1.54) is 0 Å². The van der Waals surface area contributed by atoms with E-state index in [0.717, 1.165) is 42.5 Å². The highest BCUT2D eigenvalue weighted by Crippen LogP contribution is 2.26. The Kier molecular flexibility index (Phi) is 2.21. The van der Waals surface area contributed by atoms with E-state index < -0.39 is 0 Å². The summed E-state index contributed by atoms with van der Waals surface area (Å²) in [5, 5.41) is 13.9. The number of fused-ring (bicyclic) bond motifs is 1. The van der Waals surface area contributed by atoms with Crippen molar-refractivity contribution in [1.82, 2.24) is 9.78 Å². The van der Waals surface area contributed by atoms with Crippen LogP contribution in [0.15, 0.2) is 24.3 Å². The minimum absolute atomic E-state index is 0.176. The third-order valence-electron chi connectivity index (χ3n) is 3.13. The topological polar surface area (TPSA) is 55.1 Å². The van der Waals surface area contributed by atoms with Gasteiger partial charge in [0.05, 0.1) is 11.4 Å². The molecule has 0 atom stereocenters. The quantitative estimate of drug-likeness (QED) is 0.798. The number of benzene rings is 1. The zero-order valence-corrected chi connectivity index (χ0v) is 9.26. The predicted molar refractivity (Wildman–Crippen MR) is 62.6 cm³/mol. The molecule has 0 bridgehead atoms. The minimum atomic E-state index is 0.176. The molecule has 1 heterocycles. The molecule has 4 heteroatoms. The number of hydrogen-bond donors (Lipinski definition) is 1. The van der Waals surface area contributed by atoms with Crippen molar-refractivity contribution in [3.8, 4) is 11.4 Å². The van der Waals surface area contributed by atoms with E-state index >= 15 is 0 Å². The number of nitrogens with zero attached hydrogens (tertiary/aromatic N) is 2. The number of aryl methyl sites for hydroxylation is 1. The highest BCUT2D eigenvalue weighted by Gasteiger charge is 2.22. The molecule has 0 saturated carbocycles. The van der Waals surface area contributed by atoms with Gasteiger partial charge in [-0.3, -0.25) is 4.79 Å². The van der Waals surface area contributed by atoms with E-state index in [4.69, 9.17) is 0 Å². The monoisotopic (exact) mass is 228 g/mol. The standard InChI is InChI=1S/C13H12N2O2/c16-8-13-11-5-2-6-12(11)14-15(13)9-3-1-4-10(17)7-9/h1,3-4,7-8,17H,2,5-6H2. The van der Waals surface area contributed by atoms with Gasteiger partial charge in [0, 0.05) is 11.6 Å². The second-order valence-electron chi connectivity index (χ2n) is 4.21. The van der Waals surface area contributed by atoms with Crippen molar-refractivity contribution in [2.75, 3.05) is 0 Å². The van der Waals surface area contributed by atoms with Gasteiger partial charge in [-0.05, 0) is 31.4 Å². The summed E-state index contributed by atoms with van der Waals surface area (Å²) in [4.78, 5) is 11.2. The van der Waals surface area contributed by atoms with Gasteiger partial charge in [-0.25, -0.2) is 4.68 Å². The lowest BCUT2D eigenvalue weighted by Crippen LogP contribution is -2.03. The summed E-state index contributed by atoms with van der Waals surface area (Å²) in [6, 6.07) is 6.78. The second kappa shape index (κ2) is 3.73. The SMILES string of the molecule is O=Cc1c2c(nn1-c1cccc(O)c1)CCC2. The third kappa shape index (κ3) is 1.53. The van der Waals surface area contributed by atoms with Crippen molar-refractivity contribution in [3.63, 3.8) is 0 Å². The number of carbonyl (C=O) groups excluding carboxylic acids is 1. The van der Waals surface area contributed by atoms with Gasteiger partial charge in [-0.2, -0.15) is 5.10 Å². The molecule has 1 aromatic carbocycles. The van der Waals surface area contributed by atoms with Gasteiger partial charge in [0.15, 0.2) is 6.29 Å². The van der Waals surface area contributed by atoms with Crippen LogP contribution in [0.25, 0.3) is 5.69 Å². The zero-order chi connectivity index (χ0) is 11.8. The lowest BCUT2D eigenvalue weighted by Gasteiger charge is -2.05. The number of aromatic nitrogens is 2. The van der Waals surface area contributed by atoms with Crippen molar-refractivity contribution in [3.05, 3.63) is 41.2 Å². The number of hydrogen-bond acceptors (Lipinski definition) is 3. The number of phenols is 1. The average molecular weight is 228 g/mol. The van der Waals surface area contributed by atoms with Crippen LogP contribution in [0.4, 0.5) is 0 Å². The van der Waals surface area contributed by atoms with E-state index in [0.29, 0.717) is 5.69 Å². The van der Waals surface area contributed by atoms with Crippen LogP contribution in [0, 0.1) is 0 Å². The Labute approximate surface area is 98.5 Å². The summed E-state index contributed by atoms with van der Waals surface area (Å²) in [6.07, 6.45) is 3.77. The number of aromatic hydroxyl groups is 1. The minimum Gasteiger partial charge on any atom is -0.508 e. The van der Waals surface area contributed by atoms with Gasteiger partial charge in [0.25, 0.3) is 0 Å². The Morgan fingerprint density at radius 1 is 1.35 bits per heavy atom. The van der Waals surface area contributed by atoms with E-state index in [-0.39, 0.29) is 5.75 Å². The Morgan fingerprint density at radius 3 is 3.00 bits per heavy atom. The molecular formula is C13H12N2O2. The summed E-state index contributed by atoms with van der Waals surface area (Å²) in [7, 11) is 0. The van der Waals surface area contributed by atoms with Crippen LogP contribution in [0.2, 0.25) is 0 Å². The first-order chi connectivity index (χ1) is 8.29. The number of phenolic OH excluding ortho intramolecular Hbond substituents is 1. The lowest BCUT2D eigenvalue weighted by atomic mass is 10.2. The van der Waals surface area contributed by atoms with Crippen LogP contribution in [-0.2, 0) is 12.8 Å². The van der Waals surface area contributed by atoms with Crippen molar-refractivity contribution < 1.29 is 9.90 Å². The van der Waals surface area contributed by atoms with Crippen molar-refractivity contribution >= 4 is 6.29 Å². The molecule has 1 N–H and O–H groups in total. The van der Waals surface area contributed by atoms with Crippen LogP contribution < -0.4 is 0 Å². The molecule has 1 aliphatic carbocycles. The molecule has 1 aliphatic rings. The van der Waals surface area contributed by atoms with Gasteiger partial charge in [-0.1, -0.05) is 6.07 Å². The maximum atomic E-state index is 11.2. The van der Waals surface area contributed by atoms with E-state index in [2.05, 4.69) is 5.10 Å². The first-order valence-corrected chi connectivity index (χ1v) is 5.65. The molecule has 0 amide bonds. The Balaban J connectivity index is 2.18. The van der Waals surface area contributed by atoms with Crippen LogP contribution in [-0.4, -0.2) is 21.2 Å². The molecule has 4 nitrogen and oxygen atoms in total. The smallest absolute Gasteiger partial charge is 0.168 e. The fraction of sp³-hybridized carbons (Fsp3) is 0.231. The van der Waals surface area contributed by atoms with Crippen molar-refractivity contribution in [1.29, 1.82) is 0 Å². The summed E-state index contributed by atoms with van der Waals surface area (Å²) >= 11 is 0. The van der Waals surface area contributed by atoms with Crippen molar-refractivity contribution in [2.45, 2.75) is 19.3 Å². The first-order valence-electron chi connectivity index (χ1n) is 5.65. The van der Waals surface area contributed by atoms with E-state index in [9.17, 15) is 9.90 Å². The van der Waals surface area contributed by atoms with Crippen LogP contribution in [0.3, 0.4) is 0 Å². The average Bonchev–Trinajstić information content (AvgIpc) is 2.88. The van der Waals surface area contributed by atoms with Gasteiger partial charge < -0.3 is 5.11 Å². The first kappa shape index (κ1) is 10.1. The number of carbonyl (C=O) groups is 1. The molecule has 17 heavy (non-hydrogen) atoms. The van der Waals surface area contributed by atoms with Crippen LogP contribution in [0.5, 0.6) is 5.75 Å². The maximum absolute atomic E-state index is 11.2. The van der Waals surface area contributed by atoms with Gasteiger partial charge >= 0.3 is 0 Å². The van der Waals surface area contributed by atoms with Gasteiger partial charge in [0.1, 0.15) is 11.4 Å². The molecule has 3 rings (SSSR count). The molecule has 0 saturated heterocycles. The molecule has 0 radical (unpaired) electrons. The summed E-state index contributed by atoms with van der Waals surface area (Å²) in [5.41, 5.74) is 3.41. The Morgan fingerprint density at radius 2 is 2.24 bits per heavy atom. The molecule has 0 spiro atoms. The molecule has 86 valence electrons. The third-order valence-corrected chi connectivity index (χ3v) is 3.13. The fourth-order valence-corrected chi connectivity index (χ4v) is 2.36. The van der Waals surface area contributed by atoms with E-state index in [1.807, 2.05) is 6.07 Å². The van der Waals surface area contributed by atoms with Crippen LogP contribution in [0.1, 0.15) is 28.2 Å². The number of rotatable bonds is 2.